The van der Waals surface area contributed by atoms with Crippen LogP contribution in [0.4, 0.5) is 0 Å². The first-order chi connectivity index (χ1) is 8.72. The van der Waals surface area contributed by atoms with Gasteiger partial charge in [-0.3, -0.25) is 4.79 Å². The van der Waals surface area contributed by atoms with Gasteiger partial charge in [-0.1, -0.05) is 12.7 Å². The Balaban J connectivity index is 2.83. The summed E-state index contributed by atoms with van der Waals surface area (Å²) in [7, 11) is 1.51. The van der Waals surface area contributed by atoms with Crippen LogP contribution in [0.2, 0.25) is 0 Å². The molecule has 1 amide bonds. The highest BCUT2D eigenvalue weighted by Crippen LogP contribution is 2.27. The van der Waals surface area contributed by atoms with E-state index < -0.39 is 0 Å². The van der Waals surface area contributed by atoms with Crippen LogP contribution in [0.5, 0.6) is 11.5 Å². The summed E-state index contributed by atoms with van der Waals surface area (Å²) >= 11 is 0. The fourth-order valence-electron chi connectivity index (χ4n) is 1.35. The molecule has 5 heteroatoms. The maximum absolute atomic E-state index is 11.7. The van der Waals surface area contributed by atoms with Crippen LogP contribution in [-0.2, 0) is 0 Å². The molecule has 0 fully saturated rings. The van der Waals surface area contributed by atoms with Crippen molar-refractivity contribution in [3.05, 3.63) is 36.4 Å². The van der Waals surface area contributed by atoms with Crippen LogP contribution in [0.1, 0.15) is 10.4 Å². The normalized spacial score (nSPS) is 9.67. The molecule has 5 nitrogen and oxygen atoms in total. The molecule has 18 heavy (non-hydrogen) atoms. The molecule has 0 saturated carbocycles. The molecule has 1 rings (SSSR count). The van der Waals surface area contributed by atoms with Gasteiger partial charge < -0.3 is 19.9 Å². The molecule has 0 spiro atoms. The number of nitrogens with one attached hydrogen (secondary N) is 1. The molecule has 1 aromatic carbocycles. The first kappa shape index (κ1) is 14.1. The molecule has 1 aromatic rings. The molecule has 0 aliphatic heterocycles. The summed E-state index contributed by atoms with van der Waals surface area (Å²) in [6, 6.07) is 4.88. The third-order valence-corrected chi connectivity index (χ3v) is 2.18. The standard InChI is InChI=1S/C13H17NO4/c1-3-8-18-11-5-4-10(9-12(11)17-2)13(16)14-6-7-15/h3-5,9,15H,1,6-8H2,2H3,(H,14,16). The second-order valence-electron chi connectivity index (χ2n) is 3.44. The first-order valence-corrected chi connectivity index (χ1v) is 5.53. The van der Waals surface area contributed by atoms with E-state index in [2.05, 4.69) is 11.9 Å². The van der Waals surface area contributed by atoms with Gasteiger partial charge in [0.05, 0.1) is 13.7 Å². The lowest BCUT2D eigenvalue weighted by Crippen LogP contribution is -2.26. The molecule has 0 aromatic heterocycles. The Hall–Kier alpha value is -2.01. The van der Waals surface area contributed by atoms with Gasteiger partial charge in [-0.25, -0.2) is 0 Å². The van der Waals surface area contributed by atoms with Crippen molar-refractivity contribution in [2.45, 2.75) is 0 Å². The second kappa shape index (κ2) is 7.34. The summed E-state index contributed by atoms with van der Waals surface area (Å²) < 4.78 is 10.5. The van der Waals surface area contributed by atoms with Gasteiger partial charge >= 0.3 is 0 Å². The predicted octanol–water partition coefficient (Wildman–Crippen LogP) is 0.982. The predicted molar refractivity (Wildman–Crippen MR) is 68.1 cm³/mol. The van der Waals surface area contributed by atoms with Crippen molar-refractivity contribution in [3.8, 4) is 11.5 Å². The number of rotatable bonds is 7. The van der Waals surface area contributed by atoms with Gasteiger partial charge in [-0.15, -0.1) is 0 Å². The number of hydrogen-bond donors (Lipinski definition) is 2. The van der Waals surface area contributed by atoms with Gasteiger partial charge in [-0.2, -0.15) is 0 Å². The average molecular weight is 251 g/mol. The van der Waals surface area contributed by atoms with Crippen LogP contribution in [0, 0.1) is 0 Å². The number of hydrogen-bond acceptors (Lipinski definition) is 4. The summed E-state index contributed by atoms with van der Waals surface area (Å²) in [4.78, 5) is 11.7. The zero-order valence-corrected chi connectivity index (χ0v) is 10.3. The Labute approximate surface area is 106 Å². The van der Waals surface area contributed by atoms with Crippen LogP contribution in [-0.4, -0.2) is 37.9 Å². The van der Waals surface area contributed by atoms with Crippen molar-refractivity contribution in [2.24, 2.45) is 0 Å². The van der Waals surface area contributed by atoms with Gasteiger partial charge in [-0.05, 0) is 18.2 Å². The van der Waals surface area contributed by atoms with E-state index in [-0.39, 0.29) is 19.1 Å². The minimum atomic E-state index is -0.266. The van der Waals surface area contributed by atoms with Crippen LogP contribution in [0.15, 0.2) is 30.9 Å². The smallest absolute Gasteiger partial charge is 0.251 e. The highest BCUT2D eigenvalue weighted by molar-refractivity contribution is 5.94. The number of carbonyl (C=O) groups excluding carboxylic acids is 1. The summed E-state index contributed by atoms with van der Waals surface area (Å²) in [5.41, 5.74) is 0.450. The number of methoxy groups -OCH3 is 1. The molecular weight excluding hydrogens is 234 g/mol. The van der Waals surface area contributed by atoms with E-state index >= 15 is 0 Å². The average Bonchev–Trinajstić information content (AvgIpc) is 2.42. The van der Waals surface area contributed by atoms with Gasteiger partial charge in [0.2, 0.25) is 0 Å². The van der Waals surface area contributed by atoms with E-state index in [0.717, 1.165) is 0 Å². The van der Waals surface area contributed by atoms with E-state index in [0.29, 0.717) is 23.7 Å². The lowest BCUT2D eigenvalue weighted by molar-refractivity contribution is 0.0944. The highest BCUT2D eigenvalue weighted by Gasteiger charge is 2.10. The molecule has 0 saturated heterocycles. The number of ether oxygens (including phenoxy) is 2. The lowest BCUT2D eigenvalue weighted by atomic mass is 10.2. The number of amides is 1. The second-order valence-corrected chi connectivity index (χ2v) is 3.44. The Morgan fingerprint density at radius 1 is 1.50 bits per heavy atom. The van der Waals surface area contributed by atoms with E-state index in [9.17, 15) is 4.79 Å². The van der Waals surface area contributed by atoms with E-state index in [1.807, 2.05) is 0 Å². The zero-order valence-electron chi connectivity index (χ0n) is 10.3. The topological polar surface area (TPSA) is 67.8 Å². The van der Waals surface area contributed by atoms with Crippen molar-refractivity contribution >= 4 is 5.91 Å². The maximum Gasteiger partial charge on any atom is 0.251 e. The van der Waals surface area contributed by atoms with Crippen LogP contribution < -0.4 is 14.8 Å². The third-order valence-electron chi connectivity index (χ3n) is 2.18. The number of benzene rings is 1. The largest absolute Gasteiger partial charge is 0.493 e. The van der Waals surface area contributed by atoms with Crippen LogP contribution >= 0.6 is 0 Å². The van der Waals surface area contributed by atoms with E-state index in [1.165, 1.54) is 7.11 Å². The summed E-state index contributed by atoms with van der Waals surface area (Å²) in [6.07, 6.45) is 1.63. The van der Waals surface area contributed by atoms with Gasteiger partial charge in [0, 0.05) is 12.1 Å². The molecule has 98 valence electrons. The van der Waals surface area contributed by atoms with Crippen molar-refractivity contribution < 1.29 is 19.4 Å². The van der Waals surface area contributed by atoms with Gasteiger partial charge in [0.25, 0.3) is 5.91 Å². The molecule has 0 bridgehead atoms. The number of carbonyl (C=O) groups is 1. The fraction of sp³-hybridized carbons (Fsp3) is 0.308. The zero-order chi connectivity index (χ0) is 13.4. The van der Waals surface area contributed by atoms with Gasteiger partial charge in [0.15, 0.2) is 11.5 Å². The van der Waals surface area contributed by atoms with Crippen molar-refractivity contribution in [1.29, 1.82) is 0 Å². The molecule has 0 aliphatic rings. The molecular formula is C13H17NO4. The van der Waals surface area contributed by atoms with Crippen LogP contribution in [0.25, 0.3) is 0 Å². The monoisotopic (exact) mass is 251 g/mol. The van der Waals surface area contributed by atoms with Crippen molar-refractivity contribution in [3.63, 3.8) is 0 Å². The highest BCUT2D eigenvalue weighted by atomic mass is 16.5. The number of aliphatic hydroxyl groups excluding tert-OH is 1. The first-order valence-electron chi connectivity index (χ1n) is 5.53. The summed E-state index contributed by atoms with van der Waals surface area (Å²) in [6.45, 7) is 4.05. The van der Waals surface area contributed by atoms with Crippen molar-refractivity contribution in [1.82, 2.24) is 5.32 Å². The minimum absolute atomic E-state index is 0.0938. The Kier molecular flexibility index (Phi) is 5.73. The Morgan fingerprint density at radius 3 is 2.89 bits per heavy atom. The molecule has 0 atom stereocenters. The Morgan fingerprint density at radius 2 is 2.28 bits per heavy atom. The fourth-order valence-corrected chi connectivity index (χ4v) is 1.35. The molecule has 0 heterocycles. The van der Waals surface area contributed by atoms with Gasteiger partial charge in [0.1, 0.15) is 6.61 Å². The van der Waals surface area contributed by atoms with Crippen molar-refractivity contribution in [2.75, 3.05) is 26.9 Å². The number of aliphatic hydroxyl groups is 1. The van der Waals surface area contributed by atoms with Crippen LogP contribution in [0.3, 0.4) is 0 Å². The molecule has 0 radical (unpaired) electrons. The summed E-state index contributed by atoms with van der Waals surface area (Å²) in [5.74, 6) is 0.766. The molecule has 0 unspecified atom stereocenters. The summed E-state index contributed by atoms with van der Waals surface area (Å²) in [5, 5.41) is 11.2. The molecule has 2 N–H and O–H groups in total. The maximum atomic E-state index is 11.7. The lowest BCUT2D eigenvalue weighted by Gasteiger charge is -2.11. The molecule has 0 aliphatic carbocycles. The SMILES string of the molecule is C=CCOc1ccc(C(=O)NCCO)cc1OC. The Bertz CT molecular complexity index is 417. The third kappa shape index (κ3) is 3.78. The van der Waals surface area contributed by atoms with E-state index in [1.54, 1.807) is 24.3 Å². The quantitative estimate of drug-likeness (QED) is 0.709. The minimum Gasteiger partial charge on any atom is -0.493 e. The van der Waals surface area contributed by atoms with E-state index in [4.69, 9.17) is 14.6 Å².